The first-order valence-electron chi connectivity index (χ1n) is 26.4. The van der Waals surface area contributed by atoms with Gasteiger partial charge in [-0.25, -0.2) is 0 Å². The lowest BCUT2D eigenvalue weighted by Gasteiger charge is -2.24. The average molecular weight is 834 g/mol. The molecule has 0 radical (unpaired) electrons. The largest absolute Gasteiger partial charge is 0.462 e. The van der Waals surface area contributed by atoms with Crippen molar-refractivity contribution in [3.05, 3.63) is 12.2 Å². The van der Waals surface area contributed by atoms with Crippen LogP contribution in [0.3, 0.4) is 0 Å². The summed E-state index contributed by atoms with van der Waals surface area (Å²) in [5.74, 6) is -0.464. The molecule has 0 rings (SSSR count). The lowest BCUT2D eigenvalue weighted by molar-refractivity contribution is -0.151. The van der Waals surface area contributed by atoms with E-state index >= 15 is 0 Å². The number of rotatable bonds is 48. The van der Waals surface area contributed by atoms with E-state index in [0.717, 1.165) is 51.4 Å². The Labute approximate surface area is 368 Å². The number of ether oxygens (including phenoxy) is 1. The lowest BCUT2D eigenvalue weighted by Crippen LogP contribution is -2.46. The van der Waals surface area contributed by atoms with Crippen LogP contribution in [0.5, 0.6) is 0 Å². The maximum atomic E-state index is 13.2. The zero-order valence-corrected chi connectivity index (χ0v) is 39.9. The molecule has 3 unspecified atom stereocenters. The van der Waals surface area contributed by atoms with Crippen molar-refractivity contribution < 1.29 is 24.5 Å². The molecule has 0 bridgehead atoms. The molecule has 0 spiro atoms. The van der Waals surface area contributed by atoms with E-state index < -0.39 is 18.2 Å². The molecular formula is C53H103NO5. The predicted octanol–water partition coefficient (Wildman–Crippen LogP) is 15.7. The molecule has 0 aromatic rings. The first-order chi connectivity index (χ1) is 29.0. The molecule has 3 atom stereocenters. The van der Waals surface area contributed by atoms with Crippen molar-refractivity contribution in [1.29, 1.82) is 0 Å². The lowest BCUT2D eigenvalue weighted by atomic mass is 10.0. The van der Waals surface area contributed by atoms with Gasteiger partial charge in [-0.3, -0.25) is 9.59 Å². The minimum Gasteiger partial charge on any atom is -0.462 e. The molecule has 0 saturated heterocycles. The fraction of sp³-hybridized carbons (Fsp3) is 0.925. The number of aliphatic hydroxyl groups is 2. The number of hydrogen-bond donors (Lipinski definition) is 3. The summed E-state index contributed by atoms with van der Waals surface area (Å²) in [5.41, 5.74) is 0. The van der Waals surface area contributed by atoms with Gasteiger partial charge in [-0.2, -0.15) is 0 Å². The van der Waals surface area contributed by atoms with Crippen molar-refractivity contribution in [2.75, 3.05) is 6.61 Å². The average Bonchev–Trinajstić information content (AvgIpc) is 3.23. The Morgan fingerprint density at radius 1 is 0.475 bits per heavy atom. The summed E-state index contributed by atoms with van der Waals surface area (Å²) in [7, 11) is 0. The normalized spacial score (nSPS) is 13.2. The first-order valence-corrected chi connectivity index (χ1v) is 26.4. The molecule has 350 valence electrons. The molecule has 6 heteroatoms. The molecule has 3 N–H and O–H groups in total. The van der Waals surface area contributed by atoms with E-state index in [9.17, 15) is 19.8 Å². The number of esters is 1. The molecule has 0 aliphatic heterocycles. The number of unbranched alkanes of at least 4 members (excludes halogenated alkanes) is 34. The van der Waals surface area contributed by atoms with Crippen LogP contribution in [-0.2, 0) is 14.3 Å². The molecular weight excluding hydrogens is 731 g/mol. The Kier molecular flexibility index (Phi) is 46.5. The third kappa shape index (κ3) is 43.1. The summed E-state index contributed by atoms with van der Waals surface area (Å²) in [6.07, 6.45) is 52.7. The molecule has 0 fully saturated rings. The highest BCUT2D eigenvalue weighted by atomic mass is 16.5. The minimum absolute atomic E-state index is 0.0813. The smallest absolute Gasteiger partial charge is 0.306 e. The summed E-state index contributed by atoms with van der Waals surface area (Å²) >= 11 is 0. The van der Waals surface area contributed by atoms with Crippen molar-refractivity contribution in [1.82, 2.24) is 5.32 Å². The molecule has 0 aliphatic rings. The highest BCUT2D eigenvalue weighted by molar-refractivity contribution is 5.77. The van der Waals surface area contributed by atoms with Crippen LogP contribution in [0.2, 0.25) is 0 Å². The number of carbonyl (C=O) groups is 2. The van der Waals surface area contributed by atoms with Gasteiger partial charge in [-0.15, -0.1) is 0 Å². The van der Waals surface area contributed by atoms with Gasteiger partial charge < -0.3 is 20.3 Å². The van der Waals surface area contributed by atoms with Crippen LogP contribution < -0.4 is 5.32 Å². The van der Waals surface area contributed by atoms with Gasteiger partial charge in [0, 0.05) is 6.42 Å². The standard InChI is InChI=1S/C53H103NO5/c1-4-7-10-13-16-19-21-23-25-26-27-28-30-33-35-38-41-44-49(59-53(58)46-43-40-37-32-18-15-12-9-6-3)47-52(57)54-50(48-55)51(56)45-42-39-36-34-31-29-24-22-20-17-14-11-8-5-2/h23,25,49-51,55-56H,4-22,24,26-48H2,1-3H3,(H,54,57)/b25-23+. The fourth-order valence-electron chi connectivity index (χ4n) is 8.31. The quantitative estimate of drug-likeness (QED) is 0.0322. The van der Waals surface area contributed by atoms with Gasteiger partial charge in [0.05, 0.1) is 25.2 Å². The van der Waals surface area contributed by atoms with E-state index in [-0.39, 0.29) is 24.9 Å². The van der Waals surface area contributed by atoms with Crippen LogP contribution in [0.15, 0.2) is 12.2 Å². The Hall–Kier alpha value is -1.40. The van der Waals surface area contributed by atoms with E-state index in [4.69, 9.17) is 4.74 Å². The highest BCUT2D eigenvalue weighted by Crippen LogP contribution is 2.18. The van der Waals surface area contributed by atoms with E-state index in [1.807, 2.05) is 0 Å². The Bertz CT molecular complexity index is 893. The Morgan fingerprint density at radius 3 is 1.20 bits per heavy atom. The second kappa shape index (κ2) is 47.6. The minimum atomic E-state index is -0.782. The zero-order chi connectivity index (χ0) is 43.1. The molecule has 0 aliphatic carbocycles. The molecule has 6 nitrogen and oxygen atoms in total. The van der Waals surface area contributed by atoms with Crippen LogP contribution in [0, 0.1) is 0 Å². The number of carbonyl (C=O) groups excluding carboxylic acids is 2. The second-order valence-electron chi connectivity index (χ2n) is 18.3. The first kappa shape index (κ1) is 57.6. The number of nitrogens with one attached hydrogen (secondary N) is 1. The van der Waals surface area contributed by atoms with Crippen LogP contribution in [0.1, 0.15) is 290 Å². The van der Waals surface area contributed by atoms with Gasteiger partial charge >= 0.3 is 5.97 Å². The van der Waals surface area contributed by atoms with E-state index in [2.05, 4.69) is 38.2 Å². The van der Waals surface area contributed by atoms with Gasteiger partial charge in [0.25, 0.3) is 0 Å². The molecule has 0 saturated carbocycles. The predicted molar refractivity (Wildman–Crippen MR) is 255 cm³/mol. The van der Waals surface area contributed by atoms with Crippen molar-refractivity contribution in [2.24, 2.45) is 0 Å². The summed E-state index contributed by atoms with van der Waals surface area (Å²) in [4.78, 5) is 26.1. The van der Waals surface area contributed by atoms with Gasteiger partial charge in [-0.1, -0.05) is 238 Å². The maximum absolute atomic E-state index is 13.2. The zero-order valence-electron chi connectivity index (χ0n) is 39.9. The molecule has 59 heavy (non-hydrogen) atoms. The number of aliphatic hydroxyl groups excluding tert-OH is 2. The number of allylic oxidation sites excluding steroid dienone is 2. The van der Waals surface area contributed by atoms with Crippen LogP contribution in [0.25, 0.3) is 0 Å². The van der Waals surface area contributed by atoms with Gasteiger partial charge in [0.1, 0.15) is 6.10 Å². The van der Waals surface area contributed by atoms with Gasteiger partial charge in [0.15, 0.2) is 0 Å². The fourth-order valence-corrected chi connectivity index (χ4v) is 8.31. The second-order valence-corrected chi connectivity index (χ2v) is 18.3. The topological polar surface area (TPSA) is 95.9 Å². The number of hydrogen-bond acceptors (Lipinski definition) is 5. The van der Waals surface area contributed by atoms with Crippen molar-refractivity contribution in [3.63, 3.8) is 0 Å². The maximum Gasteiger partial charge on any atom is 0.306 e. The molecule has 0 heterocycles. The summed E-state index contributed by atoms with van der Waals surface area (Å²) in [5, 5.41) is 23.8. The number of amides is 1. The third-order valence-electron chi connectivity index (χ3n) is 12.3. The SMILES string of the molecule is CCCCCCCC/C=C/CCCCCCCCCC(CC(=O)NC(CO)C(O)CCCCCCCCCCCCCCCC)OC(=O)CCCCCCCCCCC. The molecule has 1 amide bonds. The van der Waals surface area contributed by atoms with Gasteiger partial charge in [-0.05, 0) is 51.4 Å². The van der Waals surface area contributed by atoms with Crippen LogP contribution >= 0.6 is 0 Å². The third-order valence-corrected chi connectivity index (χ3v) is 12.3. The summed E-state index contributed by atoms with van der Waals surface area (Å²) in [6.45, 7) is 6.49. The van der Waals surface area contributed by atoms with Crippen molar-refractivity contribution in [3.8, 4) is 0 Å². The van der Waals surface area contributed by atoms with Crippen molar-refractivity contribution >= 4 is 11.9 Å². The monoisotopic (exact) mass is 834 g/mol. The van der Waals surface area contributed by atoms with E-state index in [1.54, 1.807) is 0 Å². The molecule has 0 aromatic carbocycles. The van der Waals surface area contributed by atoms with Crippen molar-refractivity contribution in [2.45, 2.75) is 309 Å². The Morgan fingerprint density at radius 2 is 0.814 bits per heavy atom. The molecule has 0 aromatic heterocycles. The Balaban J connectivity index is 4.49. The van der Waals surface area contributed by atoms with E-state index in [0.29, 0.717) is 19.3 Å². The summed E-state index contributed by atoms with van der Waals surface area (Å²) < 4.78 is 5.92. The highest BCUT2D eigenvalue weighted by Gasteiger charge is 2.24. The van der Waals surface area contributed by atoms with E-state index in [1.165, 1.54) is 193 Å². The van der Waals surface area contributed by atoms with Crippen LogP contribution in [0.4, 0.5) is 0 Å². The van der Waals surface area contributed by atoms with Crippen LogP contribution in [-0.4, -0.2) is 46.9 Å². The summed E-state index contributed by atoms with van der Waals surface area (Å²) in [6, 6.07) is -0.696. The van der Waals surface area contributed by atoms with Gasteiger partial charge in [0.2, 0.25) is 5.91 Å².